The van der Waals surface area contributed by atoms with Crippen LogP contribution in [0.2, 0.25) is 0 Å². The Labute approximate surface area is 220 Å². The minimum Gasteiger partial charge on any atom is -0.382 e. The van der Waals surface area contributed by atoms with Gasteiger partial charge in [-0.05, 0) is 24.3 Å². The summed E-state index contributed by atoms with van der Waals surface area (Å²) in [6.07, 6.45) is -1.81. The van der Waals surface area contributed by atoms with E-state index in [0.717, 1.165) is 21.2 Å². The van der Waals surface area contributed by atoms with Gasteiger partial charge in [0.1, 0.15) is 30.3 Å². The highest BCUT2D eigenvalue weighted by Crippen LogP contribution is 2.39. The lowest BCUT2D eigenvalue weighted by Gasteiger charge is -2.36. The molecule has 2 N–H and O–H groups in total. The molecule has 1 aromatic carbocycles. The molecule has 1 unspecified atom stereocenters. The van der Waals surface area contributed by atoms with Crippen LogP contribution in [0.3, 0.4) is 0 Å². The number of sulfonamides is 1. The number of alkyl halides is 4. The van der Waals surface area contributed by atoms with E-state index in [4.69, 9.17) is 10.5 Å². The first-order valence-electron chi connectivity index (χ1n) is 11.5. The number of hydrogen-bond acceptors (Lipinski definition) is 8. The zero-order valence-electron chi connectivity index (χ0n) is 20.2. The van der Waals surface area contributed by atoms with Crippen LogP contribution in [0.5, 0.6) is 0 Å². The fourth-order valence-corrected chi connectivity index (χ4v) is 6.41. The van der Waals surface area contributed by atoms with Crippen LogP contribution >= 0.6 is 0 Å². The second-order valence-electron chi connectivity index (χ2n) is 8.88. The molecule has 204 valence electrons. The number of nitriles is 1. The van der Waals surface area contributed by atoms with Gasteiger partial charge in [0, 0.05) is 32.0 Å². The van der Waals surface area contributed by atoms with Gasteiger partial charge in [0.2, 0.25) is 10.0 Å². The number of hydrogen-bond donors (Lipinski definition) is 1. The summed E-state index contributed by atoms with van der Waals surface area (Å²) in [6.45, 7) is -0.777. The molecule has 1 fully saturated rings. The van der Waals surface area contributed by atoms with Gasteiger partial charge in [0.05, 0.1) is 27.8 Å². The van der Waals surface area contributed by atoms with Gasteiger partial charge in [0.25, 0.3) is 0 Å². The van der Waals surface area contributed by atoms with Gasteiger partial charge >= 0.3 is 6.18 Å². The number of nitrogens with zero attached hydrogens (tertiary/aromatic N) is 6. The van der Waals surface area contributed by atoms with Gasteiger partial charge in [-0.2, -0.15) is 27.8 Å². The van der Waals surface area contributed by atoms with Crippen molar-refractivity contribution in [2.45, 2.75) is 29.5 Å². The lowest BCUT2D eigenvalue weighted by molar-refractivity contribution is -0.136. The lowest BCUT2D eigenvalue weighted by Crippen LogP contribution is -2.46. The zero-order valence-corrected chi connectivity index (χ0v) is 21.1. The fraction of sp³-hybridized carbons (Fsp3) is 0.292. The summed E-state index contributed by atoms with van der Waals surface area (Å²) in [5.41, 5.74) is 4.45. The molecular weight excluding hydrogens is 542 g/mol. The number of methoxy groups -OCH3 is 1. The Hall–Kier alpha value is -4.00. The van der Waals surface area contributed by atoms with E-state index in [-0.39, 0.29) is 34.1 Å². The first-order valence-corrected chi connectivity index (χ1v) is 12.9. The molecule has 0 aliphatic carbocycles. The summed E-state index contributed by atoms with van der Waals surface area (Å²) in [5, 5.41) is 13.3. The monoisotopic (exact) mass is 563 g/mol. The molecule has 1 saturated heterocycles. The van der Waals surface area contributed by atoms with Crippen molar-refractivity contribution in [2.75, 3.05) is 25.9 Å². The Balaban J connectivity index is 1.53. The van der Waals surface area contributed by atoms with E-state index in [1.54, 1.807) is 0 Å². The molecule has 0 radical (unpaired) electrons. The number of fused-ring (bicyclic) bond motifs is 1. The van der Waals surface area contributed by atoms with Crippen molar-refractivity contribution in [1.29, 1.82) is 5.26 Å². The van der Waals surface area contributed by atoms with E-state index in [1.807, 2.05) is 6.07 Å². The van der Waals surface area contributed by atoms with Gasteiger partial charge in [-0.1, -0.05) is 18.2 Å². The highest BCUT2D eigenvalue weighted by molar-refractivity contribution is 7.89. The third-order valence-electron chi connectivity index (χ3n) is 6.64. The number of ether oxygens (including phenoxy) is 1. The maximum absolute atomic E-state index is 15.4. The standard InChI is InChI=1S/C24H21F4N7O3S/c1-38-21-7-6-15(18-8-16(24(26,27)28)22-23(30)31-13-32-35(18)22)10-34(21)19-12-33(11-17(19)25)39(36,37)20-5-3-2-4-14(20)9-29/h2-8,10,13,17,19,21H,11-12H2,1H3,(H2,30,31,32)/t17-,19+,21?/m0/s1. The van der Waals surface area contributed by atoms with E-state index in [1.165, 1.54) is 54.6 Å². The number of anilines is 1. The molecule has 3 aromatic rings. The number of halogens is 4. The third-order valence-corrected chi connectivity index (χ3v) is 8.53. The first-order chi connectivity index (χ1) is 18.5. The minimum atomic E-state index is -4.75. The molecule has 0 bridgehead atoms. The van der Waals surface area contributed by atoms with Crippen molar-refractivity contribution in [3.8, 4) is 6.07 Å². The van der Waals surface area contributed by atoms with Gasteiger partial charge in [-0.3, -0.25) is 0 Å². The minimum absolute atomic E-state index is 0.0167. The molecule has 0 spiro atoms. The topological polar surface area (TPSA) is 130 Å². The first kappa shape index (κ1) is 26.6. The number of aromatic nitrogens is 3. The molecule has 2 aliphatic rings. The Morgan fingerprint density at radius 2 is 1.97 bits per heavy atom. The zero-order chi connectivity index (χ0) is 28.1. The maximum Gasteiger partial charge on any atom is 0.418 e. The van der Waals surface area contributed by atoms with Crippen molar-refractivity contribution in [3.05, 3.63) is 71.8 Å². The van der Waals surface area contributed by atoms with Crippen molar-refractivity contribution in [1.82, 2.24) is 23.8 Å². The highest BCUT2D eigenvalue weighted by atomic mass is 32.2. The molecule has 5 rings (SSSR count). The molecule has 0 amide bonds. The van der Waals surface area contributed by atoms with Crippen LogP contribution < -0.4 is 5.73 Å². The fourth-order valence-electron chi connectivity index (χ4n) is 4.80. The van der Waals surface area contributed by atoms with Crippen LogP contribution in [0.15, 0.2) is 59.9 Å². The predicted octanol–water partition coefficient (Wildman–Crippen LogP) is 2.80. The van der Waals surface area contributed by atoms with Crippen molar-refractivity contribution in [3.63, 3.8) is 0 Å². The number of benzene rings is 1. The SMILES string of the molecule is COC1C=CC(c2cc(C(F)(F)F)c3c(N)ncnn23)=CN1[C@@H]1CN(S(=O)(=O)c2ccccc2C#N)C[C@@H]1F. The van der Waals surface area contributed by atoms with Gasteiger partial charge < -0.3 is 15.4 Å². The summed E-state index contributed by atoms with van der Waals surface area (Å²) in [5.74, 6) is -0.367. The van der Waals surface area contributed by atoms with Gasteiger partial charge in [0.15, 0.2) is 5.82 Å². The van der Waals surface area contributed by atoms with E-state index >= 15 is 4.39 Å². The van der Waals surface area contributed by atoms with Crippen LogP contribution in [0.4, 0.5) is 23.4 Å². The second-order valence-corrected chi connectivity index (χ2v) is 10.8. The van der Waals surface area contributed by atoms with Crippen LogP contribution in [0.1, 0.15) is 16.8 Å². The maximum atomic E-state index is 15.4. The average molecular weight is 564 g/mol. The summed E-state index contributed by atoms with van der Waals surface area (Å²) < 4.78 is 90.8. The largest absolute Gasteiger partial charge is 0.418 e. The van der Waals surface area contributed by atoms with Crippen molar-refractivity contribution < 1.29 is 30.7 Å². The predicted molar refractivity (Wildman–Crippen MR) is 131 cm³/mol. The Morgan fingerprint density at radius 3 is 2.67 bits per heavy atom. The summed E-state index contributed by atoms with van der Waals surface area (Å²) in [4.78, 5) is 4.85. The molecule has 10 nitrogen and oxygen atoms in total. The highest BCUT2D eigenvalue weighted by Gasteiger charge is 2.45. The smallest absolute Gasteiger partial charge is 0.382 e. The van der Waals surface area contributed by atoms with E-state index in [2.05, 4.69) is 10.1 Å². The van der Waals surface area contributed by atoms with Gasteiger partial charge in [-0.25, -0.2) is 22.3 Å². The van der Waals surface area contributed by atoms with Crippen LogP contribution in [-0.2, 0) is 20.9 Å². The van der Waals surface area contributed by atoms with Crippen molar-refractivity contribution in [2.24, 2.45) is 0 Å². The van der Waals surface area contributed by atoms with E-state index in [0.29, 0.717) is 0 Å². The molecule has 2 aliphatic heterocycles. The van der Waals surface area contributed by atoms with Crippen LogP contribution in [-0.4, -0.2) is 70.9 Å². The normalized spacial score (nSPS) is 22.3. The van der Waals surface area contributed by atoms with E-state index < -0.39 is 52.3 Å². The Bertz CT molecular complexity index is 1650. The van der Waals surface area contributed by atoms with Crippen molar-refractivity contribution >= 4 is 26.9 Å². The number of nitrogens with two attached hydrogens (primary N) is 1. The summed E-state index contributed by atoms with van der Waals surface area (Å²) in [6, 6.07) is 7.27. The number of rotatable bonds is 5. The average Bonchev–Trinajstić information content (AvgIpc) is 3.50. The Morgan fingerprint density at radius 1 is 1.23 bits per heavy atom. The summed E-state index contributed by atoms with van der Waals surface area (Å²) in [7, 11) is -2.85. The molecule has 3 atom stereocenters. The van der Waals surface area contributed by atoms with Crippen LogP contribution in [0.25, 0.3) is 11.1 Å². The molecule has 4 heterocycles. The number of allylic oxidation sites excluding steroid dienone is 2. The van der Waals surface area contributed by atoms with Gasteiger partial charge in [-0.15, -0.1) is 0 Å². The summed E-state index contributed by atoms with van der Waals surface area (Å²) >= 11 is 0. The molecule has 39 heavy (non-hydrogen) atoms. The third kappa shape index (κ3) is 4.50. The quantitative estimate of drug-likeness (QED) is 0.469. The Kier molecular flexibility index (Phi) is 6.57. The van der Waals surface area contributed by atoms with E-state index in [9.17, 15) is 26.9 Å². The number of nitrogen functional groups attached to an aromatic ring is 1. The molecule has 2 aromatic heterocycles. The van der Waals surface area contributed by atoms with Crippen LogP contribution in [0, 0.1) is 11.3 Å². The second kappa shape index (κ2) is 9.63. The molecule has 0 saturated carbocycles. The lowest BCUT2D eigenvalue weighted by atomic mass is 10.1. The molecule has 15 heteroatoms. The molecular formula is C24H21F4N7O3S.